The molecular weight excluding hydrogens is 185 g/mol. The van der Waals surface area contributed by atoms with Crippen LogP contribution in [0.4, 0.5) is 4.39 Å². The van der Waals surface area contributed by atoms with Crippen molar-refractivity contribution in [3.8, 4) is 0 Å². The summed E-state index contributed by atoms with van der Waals surface area (Å²) in [6.45, 7) is 0.505. The fourth-order valence-electron chi connectivity index (χ4n) is 1.78. The number of hydrogen-bond donors (Lipinski definition) is 2. The maximum absolute atomic E-state index is 13.3. The van der Waals surface area contributed by atoms with Gasteiger partial charge in [-0.1, -0.05) is 12.1 Å². The lowest BCUT2D eigenvalue weighted by Crippen LogP contribution is -2.35. The fourth-order valence-corrected chi connectivity index (χ4v) is 1.78. The third-order valence-electron chi connectivity index (χ3n) is 2.44. The van der Waals surface area contributed by atoms with Crippen LogP contribution in [0.2, 0.25) is 0 Å². The highest BCUT2D eigenvalue weighted by molar-refractivity contribution is 5.76. The molecule has 1 unspecified atom stereocenters. The molecule has 1 aromatic carbocycles. The second-order valence-corrected chi connectivity index (χ2v) is 3.28. The summed E-state index contributed by atoms with van der Waals surface area (Å²) in [6.07, 6.45) is 0.547. The summed E-state index contributed by atoms with van der Waals surface area (Å²) in [4.78, 5) is 10.8. The van der Waals surface area contributed by atoms with Crippen LogP contribution in [0.25, 0.3) is 0 Å². The van der Waals surface area contributed by atoms with Crippen LogP contribution >= 0.6 is 0 Å². The first kappa shape index (κ1) is 9.15. The summed E-state index contributed by atoms with van der Waals surface area (Å²) in [5, 5.41) is 11.7. The number of carboxylic acid groups (broad SMARTS) is 1. The van der Waals surface area contributed by atoms with Crippen LogP contribution in [0, 0.1) is 5.82 Å². The van der Waals surface area contributed by atoms with Crippen LogP contribution in [-0.4, -0.2) is 17.6 Å². The molecule has 0 radical (unpaired) electrons. The van der Waals surface area contributed by atoms with Crippen molar-refractivity contribution < 1.29 is 14.3 Å². The highest BCUT2D eigenvalue weighted by Crippen LogP contribution is 2.24. The maximum atomic E-state index is 13.3. The van der Waals surface area contributed by atoms with Crippen LogP contribution in [0.1, 0.15) is 17.2 Å². The van der Waals surface area contributed by atoms with E-state index in [0.717, 1.165) is 0 Å². The van der Waals surface area contributed by atoms with Crippen LogP contribution in [0.3, 0.4) is 0 Å². The van der Waals surface area contributed by atoms with Gasteiger partial charge in [0.1, 0.15) is 11.9 Å². The highest BCUT2D eigenvalue weighted by Gasteiger charge is 2.26. The lowest BCUT2D eigenvalue weighted by atomic mass is 9.94. The lowest BCUT2D eigenvalue weighted by Gasteiger charge is -2.23. The van der Waals surface area contributed by atoms with Gasteiger partial charge in [-0.15, -0.1) is 0 Å². The predicted octanol–water partition coefficient (Wildman–Crippen LogP) is 1.10. The van der Waals surface area contributed by atoms with E-state index in [-0.39, 0.29) is 5.82 Å². The topological polar surface area (TPSA) is 49.3 Å². The Bertz CT molecular complexity index is 378. The van der Waals surface area contributed by atoms with Gasteiger partial charge in [0.2, 0.25) is 0 Å². The molecule has 74 valence electrons. The summed E-state index contributed by atoms with van der Waals surface area (Å²) in [5.41, 5.74) is 1.07. The van der Waals surface area contributed by atoms with Crippen molar-refractivity contribution in [2.24, 2.45) is 0 Å². The molecule has 1 heterocycles. The molecule has 0 saturated carbocycles. The highest BCUT2D eigenvalue weighted by atomic mass is 19.1. The Balaban J connectivity index is 2.49. The number of hydrogen-bond acceptors (Lipinski definition) is 2. The molecule has 3 nitrogen and oxygen atoms in total. The monoisotopic (exact) mass is 195 g/mol. The van der Waals surface area contributed by atoms with Gasteiger partial charge in [-0.2, -0.15) is 0 Å². The number of halogens is 1. The smallest absolute Gasteiger partial charge is 0.325 e. The van der Waals surface area contributed by atoms with E-state index in [9.17, 15) is 9.18 Å². The average molecular weight is 195 g/mol. The van der Waals surface area contributed by atoms with Gasteiger partial charge in [-0.05, 0) is 23.6 Å². The molecule has 2 rings (SSSR count). The summed E-state index contributed by atoms with van der Waals surface area (Å²) >= 11 is 0. The first-order valence-electron chi connectivity index (χ1n) is 4.43. The molecule has 2 N–H and O–H groups in total. The van der Waals surface area contributed by atoms with Gasteiger partial charge >= 0.3 is 5.97 Å². The molecule has 0 spiro atoms. The first-order chi connectivity index (χ1) is 6.70. The van der Waals surface area contributed by atoms with Gasteiger partial charge in [0, 0.05) is 6.54 Å². The summed E-state index contributed by atoms with van der Waals surface area (Å²) in [7, 11) is 0. The zero-order valence-corrected chi connectivity index (χ0v) is 7.46. The molecule has 14 heavy (non-hydrogen) atoms. The van der Waals surface area contributed by atoms with E-state index in [1.165, 1.54) is 12.1 Å². The molecule has 0 bridgehead atoms. The normalized spacial score (nSPS) is 20.2. The predicted molar refractivity (Wildman–Crippen MR) is 48.5 cm³/mol. The number of carboxylic acids is 1. The van der Waals surface area contributed by atoms with Gasteiger partial charge in [0.25, 0.3) is 0 Å². The first-order valence-corrected chi connectivity index (χ1v) is 4.43. The minimum absolute atomic E-state index is 0.310. The van der Waals surface area contributed by atoms with Crippen LogP contribution in [-0.2, 0) is 11.2 Å². The van der Waals surface area contributed by atoms with Gasteiger partial charge in [-0.3, -0.25) is 4.79 Å². The van der Waals surface area contributed by atoms with Crippen LogP contribution in [0.5, 0.6) is 0 Å². The Hall–Kier alpha value is -1.42. The molecule has 0 amide bonds. The van der Waals surface area contributed by atoms with Crippen molar-refractivity contribution in [1.82, 2.24) is 5.32 Å². The number of carbonyl (C=O) groups is 1. The Labute approximate surface area is 80.6 Å². The lowest BCUT2D eigenvalue weighted by molar-refractivity contribution is -0.139. The van der Waals surface area contributed by atoms with Crippen molar-refractivity contribution in [2.75, 3.05) is 6.54 Å². The molecule has 1 aromatic rings. The zero-order valence-electron chi connectivity index (χ0n) is 7.46. The maximum Gasteiger partial charge on any atom is 0.325 e. The number of benzene rings is 1. The number of rotatable bonds is 1. The molecule has 0 fully saturated rings. The standard InChI is InChI=1S/C10H10FNO2/c11-8-3-1-2-7-6(8)4-5-12-9(7)10(13)14/h1-3,9,12H,4-5H2,(H,13,14). The van der Waals surface area contributed by atoms with Crippen molar-refractivity contribution in [2.45, 2.75) is 12.5 Å². The Morgan fingerprint density at radius 2 is 2.36 bits per heavy atom. The summed E-state index contributed by atoms with van der Waals surface area (Å²) in [5.74, 6) is -1.27. The number of aliphatic carboxylic acids is 1. The molecule has 1 aliphatic rings. The SMILES string of the molecule is O=C(O)C1NCCc2c(F)cccc21. The third-order valence-corrected chi connectivity index (χ3v) is 2.44. The fraction of sp³-hybridized carbons (Fsp3) is 0.300. The number of nitrogens with one attached hydrogen (secondary N) is 1. The zero-order chi connectivity index (χ0) is 10.1. The molecule has 0 aliphatic carbocycles. The van der Waals surface area contributed by atoms with E-state index in [0.29, 0.717) is 24.1 Å². The van der Waals surface area contributed by atoms with Crippen LogP contribution in [0.15, 0.2) is 18.2 Å². The van der Waals surface area contributed by atoms with E-state index in [1.54, 1.807) is 6.07 Å². The molecular formula is C10H10FNO2. The Morgan fingerprint density at radius 3 is 3.07 bits per heavy atom. The summed E-state index contributed by atoms with van der Waals surface area (Å²) in [6, 6.07) is 3.79. The van der Waals surface area contributed by atoms with Crippen LogP contribution < -0.4 is 5.32 Å². The molecule has 4 heteroatoms. The van der Waals surface area contributed by atoms with Gasteiger partial charge < -0.3 is 10.4 Å². The Kier molecular flexibility index (Phi) is 2.21. The average Bonchev–Trinajstić information content (AvgIpc) is 2.17. The molecule has 1 aliphatic heterocycles. The van der Waals surface area contributed by atoms with E-state index in [2.05, 4.69) is 5.32 Å². The van der Waals surface area contributed by atoms with Gasteiger partial charge in [-0.25, -0.2) is 4.39 Å². The van der Waals surface area contributed by atoms with E-state index < -0.39 is 12.0 Å². The quantitative estimate of drug-likeness (QED) is 0.705. The third kappa shape index (κ3) is 1.37. The second-order valence-electron chi connectivity index (χ2n) is 3.28. The van der Waals surface area contributed by atoms with Gasteiger partial charge in [0.05, 0.1) is 0 Å². The van der Waals surface area contributed by atoms with E-state index in [4.69, 9.17) is 5.11 Å². The van der Waals surface area contributed by atoms with E-state index in [1.807, 2.05) is 0 Å². The van der Waals surface area contributed by atoms with Gasteiger partial charge in [0.15, 0.2) is 0 Å². The Morgan fingerprint density at radius 1 is 1.57 bits per heavy atom. The van der Waals surface area contributed by atoms with Crippen molar-refractivity contribution in [1.29, 1.82) is 0 Å². The second kappa shape index (κ2) is 3.38. The van der Waals surface area contributed by atoms with Crippen molar-refractivity contribution >= 4 is 5.97 Å². The number of fused-ring (bicyclic) bond motifs is 1. The minimum atomic E-state index is -0.962. The minimum Gasteiger partial charge on any atom is -0.480 e. The summed E-state index contributed by atoms with van der Waals surface area (Å²) < 4.78 is 13.3. The molecule has 0 saturated heterocycles. The van der Waals surface area contributed by atoms with Crippen molar-refractivity contribution in [3.05, 3.63) is 35.1 Å². The largest absolute Gasteiger partial charge is 0.480 e. The van der Waals surface area contributed by atoms with Crippen molar-refractivity contribution in [3.63, 3.8) is 0 Å². The molecule has 0 aromatic heterocycles. The van der Waals surface area contributed by atoms with E-state index >= 15 is 0 Å². The molecule has 1 atom stereocenters.